The van der Waals surface area contributed by atoms with E-state index in [1.807, 2.05) is 0 Å². The molecule has 0 spiro atoms. The van der Waals surface area contributed by atoms with E-state index >= 15 is 0 Å². The summed E-state index contributed by atoms with van der Waals surface area (Å²) in [6, 6.07) is 0. The second-order valence-corrected chi connectivity index (χ2v) is 7.92. The van der Waals surface area contributed by atoms with Crippen LogP contribution in [0.4, 0.5) is 0 Å². The van der Waals surface area contributed by atoms with Gasteiger partial charge in [-0.25, -0.2) is 4.98 Å². The van der Waals surface area contributed by atoms with E-state index < -0.39 is 0 Å². The molecule has 0 radical (unpaired) electrons. The number of nitrogens with one attached hydrogen (secondary N) is 1. The molecule has 0 bridgehead atoms. The summed E-state index contributed by atoms with van der Waals surface area (Å²) in [5.74, 6) is 0.993. The van der Waals surface area contributed by atoms with E-state index in [2.05, 4.69) is 36.0 Å². The number of rotatable bonds is 5. The van der Waals surface area contributed by atoms with Crippen molar-refractivity contribution >= 4 is 17.3 Å². The SMILES string of the molecule is CCNC(=NCCc1sc(C)nc1C)N1CCOC(C2CCCO2)C1. The van der Waals surface area contributed by atoms with E-state index in [-0.39, 0.29) is 12.2 Å². The van der Waals surface area contributed by atoms with E-state index in [0.29, 0.717) is 0 Å². The van der Waals surface area contributed by atoms with Gasteiger partial charge in [0.25, 0.3) is 0 Å². The van der Waals surface area contributed by atoms with Crippen molar-refractivity contribution in [3.8, 4) is 0 Å². The van der Waals surface area contributed by atoms with Crippen LogP contribution >= 0.6 is 11.3 Å². The van der Waals surface area contributed by atoms with Crippen LogP contribution < -0.4 is 5.32 Å². The molecule has 7 heteroatoms. The molecule has 0 aromatic carbocycles. The van der Waals surface area contributed by atoms with Crippen LogP contribution in [0.25, 0.3) is 0 Å². The number of guanidine groups is 1. The van der Waals surface area contributed by atoms with Crippen molar-refractivity contribution in [1.29, 1.82) is 0 Å². The molecule has 2 aliphatic rings. The van der Waals surface area contributed by atoms with Gasteiger partial charge in [-0.3, -0.25) is 4.99 Å². The van der Waals surface area contributed by atoms with E-state index in [0.717, 1.165) is 75.3 Å². The number of aliphatic imine (C=N–C) groups is 1. The van der Waals surface area contributed by atoms with Crippen molar-refractivity contribution in [2.75, 3.05) is 39.4 Å². The highest BCUT2D eigenvalue weighted by atomic mass is 32.1. The monoisotopic (exact) mass is 366 g/mol. The molecule has 2 aliphatic heterocycles. The number of morpholine rings is 1. The third-order valence-corrected chi connectivity index (χ3v) is 5.84. The van der Waals surface area contributed by atoms with E-state index in [1.165, 1.54) is 4.88 Å². The fourth-order valence-electron chi connectivity index (χ4n) is 3.48. The molecule has 2 atom stereocenters. The lowest BCUT2D eigenvalue weighted by Crippen LogP contribution is -2.53. The molecular weight excluding hydrogens is 336 g/mol. The number of thiazole rings is 1. The molecule has 0 saturated carbocycles. The first kappa shape index (κ1) is 18.6. The third-order valence-electron chi connectivity index (χ3n) is 4.71. The van der Waals surface area contributed by atoms with Crippen LogP contribution in [-0.2, 0) is 15.9 Å². The Hall–Kier alpha value is -1.18. The summed E-state index contributed by atoms with van der Waals surface area (Å²) >= 11 is 1.78. The normalized spacial score (nSPS) is 24.8. The molecule has 1 aromatic rings. The van der Waals surface area contributed by atoms with E-state index in [4.69, 9.17) is 14.5 Å². The molecule has 6 nitrogen and oxygen atoms in total. The van der Waals surface area contributed by atoms with Crippen LogP contribution in [0.15, 0.2) is 4.99 Å². The lowest BCUT2D eigenvalue weighted by Gasteiger charge is -2.37. The summed E-state index contributed by atoms with van der Waals surface area (Å²) in [4.78, 5) is 13.0. The summed E-state index contributed by atoms with van der Waals surface area (Å²) in [5, 5.41) is 4.57. The molecule has 2 unspecified atom stereocenters. The molecular formula is C18H30N4O2S. The molecule has 1 aromatic heterocycles. The average Bonchev–Trinajstić information content (AvgIpc) is 3.24. The van der Waals surface area contributed by atoms with Crippen molar-refractivity contribution in [2.45, 2.75) is 52.2 Å². The molecule has 3 heterocycles. The summed E-state index contributed by atoms with van der Waals surface area (Å²) in [6.07, 6.45) is 3.61. The van der Waals surface area contributed by atoms with Gasteiger partial charge in [-0.2, -0.15) is 0 Å². The highest BCUT2D eigenvalue weighted by Gasteiger charge is 2.32. The van der Waals surface area contributed by atoms with Crippen molar-refractivity contribution in [3.05, 3.63) is 15.6 Å². The van der Waals surface area contributed by atoms with Gasteiger partial charge in [-0.1, -0.05) is 0 Å². The third kappa shape index (κ3) is 4.92. The highest BCUT2D eigenvalue weighted by Crippen LogP contribution is 2.21. The molecule has 2 fully saturated rings. The van der Waals surface area contributed by atoms with Crippen LogP contribution in [-0.4, -0.2) is 67.4 Å². The fourth-order valence-corrected chi connectivity index (χ4v) is 4.41. The quantitative estimate of drug-likeness (QED) is 0.639. The van der Waals surface area contributed by atoms with Crippen LogP contribution in [0.1, 0.15) is 35.3 Å². The summed E-state index contributed by atoms with van der Waals surface area (Å²) in [6.45, 7) is 11.3. The maximum Gasteiger partial charge on any atom is 0.194 e. The predicted octanol–water partition coefficient (Wildman–Crippen LogP) is 2.15. The van der Waals surface area contributed by atoms with E-state index in [9.17, 15) is 0 Å². The first-order chi connectivity index (χ1) is 12.2. The van der Waals surface area contributed by atoms with Crippen molar-refractivity contribution < 1.29 is 9.47 Å². The summed E-state index contributed by atoms with van der Waals surface area (Å²) in [5.41, 5.74) is 1.15. The van der Waals surface area contributed by atoms with Gasteiger partial charge in [-0.05, 0) is 33.6 Å². The van der Waals surface area contributed by atoms with Gasteiger partial charge in [-0.15, -0.1) is 11.3 Å². The molecule has 1 N–H and O–H groups in total. The van der Waals surface area contributed by atoms with Gasteiger partial charge in [0.15, 0.2) is 5.96 Å². The van der Waals surface area contributed by atoms with E-state index in [1.54, 1.807) is 11.3 Å². The molecule has 25 heavy (non-hydrogen) atoms. The van der Waals surface area contributed by atoms with Gasteiger partial charge < -0.3 is 19.7 Å². The van der Waals surface area contributed by atoms with Gasteiger partial charge in [0.05, 0.1) is 23.4 Å². The summed E-state index contributed by atoms with van der Waals surface area (Å²) in [7, 11) is 0. The molecule has 0 amide bonds. The summed E-state index contributed by atoms with van der Waals surface area (Å²) < 4.78 is 11.8. The number of aryl methyl sites for hydroxylation is 2. The number of hydrogen-bond donors (Lipinski definition) is 1. The van der Waals surface area contributed by atoms with Crippen LogP contribution in [0.3, 0.4) is 0 Å². The van der Waals surface area contributed by atoms with Gasteiger partial charge in [0.1, 0.15) is 6.10 Å². The molecule has 0 aliphatic carbocycles. The first-order valence-corrected chi connectivity index (χ1v) is 10.2. The minimum atomic E-state index is 0.159. The maximum absolute atomic E-state index is 5.96. The number of hydrogen-bond acceptors (Lipinski definition) is 5. The molecule has 140 valence electrons. The van der Waals surface area contributed by atoms with Crippen molar-refractivity contribution in [3.63, 3.8) is 0 Å². The topological polar surface area (TPSA) is 59.0 Å². The van der Waals surface area contributed by atoms with Crippen molar-refractivity contribution in [1.82, 2.24) is 15.2 Å². The Bertz CT molecular complexity index is 584. The van der Waals surface area contributed by atoms with Crippen LogP contribution in [0, 0.1) is 13.8 Å². The Balaban J connectivity index is 1.59. The lowest BCUT2D eigenvalue weighted by molar-refractivity contribution is -0.0817. The lowest BCUT2D eigenvalue weighted by atomic mass is 10.1. The number of ether oxygens (including phenoxy) is 2. The fraction of sp³-hybridized carbons (Fsp3) is 0.778. The average molecular weight is 367 g/mol. The Morgan fingerprint density at radius 2 is 2.16 bits per heavy atom. The standard InChI is InChI=1S/C18H30N4O2S/c1-4-19-18(20-8-7-17-13(2)21-14(3)25-17)22-9-11-24-16(12-22)15-6-5-10-23-15/h15-16H,4-12H2,1-3H3,(H,19,20). The first-order valence-electron chi connectivity index (χ1n) is 9.36. The zero-order valence-electron chi connectivity index (χ0n) is 15.6. The molecule has 3 rings (SSSR count). The Morgan fingerprint density at radius 1 is 1.32 bits per heavy atom. The molecule has 2 saturated heterocycles. The largest absolute Gasteiger partial charge is 0.375 e. The second-order valence-electron chi connectivity index (χ2n) is 6.63. The minimum Gasteiger partial charge on any atom is -0.375 e. The minimum absolute atomic E-state index is 0.159. The maximum atomic E-state index is 5.96. The predicted molar refractivity (Wildman–Crippen MR) is 102 cm³/mol. The van der Waals surface area contributed by atoms with Gasteiger partial charge in [0, 0.05) is 44.1 Å². The second kappa shape index (κ2) is 8.96. The number of nitrogens with zero attached hydrogens (tertiary/aromatic N) is 3. The Morgan fingerprint density at radius 3 is 2.84 bits per heavy atom. The van der Waals surface area contributed by atoms with Crippen LogP contribution in [0.2, 0.25) is 0 Å². The van der Waals surface area contributed by atoms with Crippen molar-refractivity contribution in [2.24, 2.45) is 4.99 Å². The number of aromatic nitrogens is 1. The zero-order valence-corrected chi connectivity index (χ0v) is 16.4. The zero-order chi connectivity index (χ0) is 17.6. The highest BCUT2D eigenvalue weighted by molar-refractivity contribution is 7.11. The smallest absolute Gasteiger partial charge is 0.194 e. The van der Waals surface area contributed by atoms with Crippen LogP contribution in [0.5, 0.6) is 0 Å². The van der Waals surface area contributed by atoms with Gasteiger partial charge in [0.2, 0.25) is 0 Å². The van der Waals surface area contributed by atoms with Gasteiger partial charge >= 0.3 is 0 Å². The Kier molecular flexibility index (Phi) is 6.67. The Labute approximate surface area is 154 Å².